The average molecular weight is 277 g/mol. The zero-order chi connectivity index (χ0) is 14.8. The molecule has 0 aliphatic carbocycles. The molecule has 0 aromatic heterocycles. The Morgan fingerprint density at radius 3 is 2.50 bits per heavy atom. The highest BCUT2D eigenvalue weighted by atomic mass is 16.2. The van der Waals surface area contributed by atoms with Crippen LogP contribution >= 0.6 is 0 Å². The van der Waals surface area contributed by atoms with Gasteiger partial charge in [0, 0.05) is 13.1 Å². The van der Waals surface area contributed by atoms with Gasteiger partial charge >= 0.3 is 0 Å². The van der Waals surface area contributed by atoms with Crippen molar-refractivity contribution in [2.24, 2.45) is 0 Å². The van der Waals surface area contributed by atoms with Gasteiger partial charge in [-0.3, -0.25) is 9.69 Å². The van der Waals surface area contributed by atoms with Crippen LogP contribution in [0.2, 0.25) is 0 Å². The molecule has 0 atom stereocenters. The molecule has 1 N–H and O–H groups in total. The first-order valence-electron chi connectivity index (χ1n) is 7.29. The van der Waals surface area contributed by atoms with Gasteiger partial charge in [-0.1, -0.05) is 37.3 Å². The van der Waals surface area contributed by atoms with Gasteiger partial charge in [-0.15, -0.1) is 0 Å². The Hall–Kier alpha value is -1.39. The molecule has 0 fully saturated rings. The van der Waals surface area contributed by atoms with Gasteiger partial charge in [0.25, 0.3) is 0 Å². The zero-order valence-corrected chi connectivity index (χ0v) is 12.9. The highest BCUT2D eigenvalue weighted by Gasteiger charge is 2.09. The van der Waals surface area contributed by atoms with Crippen LogP contribution in [0.15, 0.2) is 30.3 Å². The van der Waals surface area contributed by atoms with E-state index in [0.29, 0.717) is 6.54 Å². The Bertz CT molecular complexity index is 379. The SMILES string of the molecule is CCN(CC(=O)NCCCN(C)C)Cc1ccccc1. The average Bonchev–Trinajstić information content (AvgIpc) is 2.44. The van der Waals surface area contributed by atoms with E-state index in [1.54, 1.807) is 0 Å². The molecule has 0 spiro atoms. The summed E-state index contributed by atoms with van der Waals surface area (Å²) in [5.74, 6) is 0.113. The predicted molar refractivity (Wildman–Crippen MR) is 83.6 cm³/mol. The number of rotatable bonds is 9. The van der Waals surface area contributed by atoms with Gasteiger partial charge in [0.05, 0.1) is 6.54 Å². The van der Waals surface area contributed by atoms with Crippen molar-refractivity contribution in [1.82, 2.24) is 15.1 Å². The van der Waals surface area contributed by atoms with Gasteiger partial charge in [0.15, 0.2) is 0 Å². The number of likely N-dealkylation sites (N-methyl/N-ethyl adjacent to an activating group) is 1. The molecule has 0 saturated carbocycles. The Kier molecular flexibility index (Phi) is 7.92. The molecule has 0 aliphatic rings. The minimum atomic E-state index is 0.113. The fraction of sp³-hybridized carbons (Fsp3) is 0.562. The van der Waals surface area contributed by atoms with Crippen molar-refractivity contribution in [3.05, 3.63) is 35.9 Å². The van der Waals surface area contributed by atoms with E-state index in [2.05, 4.69) is 34.2 Å². The monoisotopic (exact) mass is 277 g/mol. The molecule has 1 aromatic rings. The van der Waals surface area contributed by atoms with Crippen molar-refractivity contribution in [2.45, 2.75) is 19.9 Å². The zero-order valence-electron chi connectivity index (χ0n) is 12.9. The number of carbonyl (C=O) groups excluding carboxylic acids is 1. The fourth-order valence-electron chi connectivity index (χ4n) is 2.00. The lowest BCUT2D eigenvalue weighted by atomic mass is 10.2. The fourth-order valence-corrected chi connectivity index (χ4v) is 2.00. The van der Waals surface area contributed by atoms with Crippen LogP contribution in [-0.4, -0.2) is 56.0 Å². The molecule has 0 unspecified atom stereocenters. The van der Waals surface area contributed by atoms with E-state index in [4.69, 9.17) is 0 Å². The molecule has 4 heteroatoms. The molecule has 20 heavy (non-hydrogen) atoms. The van der Waals surface area contributed by atoms with Gasteiger partial charge in [-0.2, -0.15) is 0 Å². The third-order valence-electron chi connectivity index (χ3n) is 3.17. The summed E-state index contributed by atoms with van der Waals surface area (Å²) in [5, 5.41) is 2.98. The van der Waals surface area contributed by atoms with Gasteiger partial charge in [0.1, 0.15) is 0 Å². The molecule has 0 heterocycles. The Balaban J connectivity index is 2.27. The van der Waals surface area contributed by atoms with Crippen LogP contribution < -0.4 is 5.32 Å². The van der Waals surface area contributed by atoms with Gasteiger partial charge < -0.3 is 10.2 Å². The van der Waals surface area contributed by atoms with Crippen LogP contribution in [0.1, 0.15) is 18.9 Å². The molecule has 1 amide bonds. The second kappa shape index (κ2) is 9.50. The standard InChI is InChI=1S/C16H27N3O/c1-4-19(13-15-9-6-5-7-10-15)14-16(20)17-11-8-12-18(2)3/h5-7,9-10H,4,8,11-14H2,1-3H3,(H,17,20). The molecular weight excluding hydrogens is 250 g/mol. The van der Waals surface area contributed by atoms with Crippen molar-refractivity contribution in [2.75, 3.05) is 40.3 Å². The molecule has 112 valence electrons. The Labute approximate surface area is 122 Å². The van der Waals surface area contributed by atoms with E-state index in [1.807, 2.05) is 32.3 Å². The lowest BCUT2D eigenvalue weighted by Crippen LogP contribution is -2.37. The molecule has 0 aliphatic heterocycles. The minimum absolute atomic E-state index is 0.113. The first kappa shape index (κ1) is 16.7. The number of benzene rings is 1. The van der Waals surface area contributed by atoms with Crippen molar-refractivity contribution in [3.63, 3.8) is 0 Å². The van der Waals surface area contributed by atoms with Crippen LogP contribution in [0.4, 0.5) is 0 Å². The van der Waals surface area contributed by atoms with E-state index >= 15 is 0 Å². The van der Waals surface area contributed by atoms with E-state index in [9.17, 15) is 4.79 Å². The van der Waals surface area contributed by atoms with Crippen LogP contribution in [0.3, 0.4) is 0 Å². The summed E-state index contributed by atoms with van der Waals surface area (Å²) in [6.07, 6.45) is 0.990. The highest BCUT2D eigenvalue weighted by molar-refractivity contribution is 5.77. The van der Waals surface area contributed by atoms with Crippen LogP contribution in [0.25, 0.3) is 0 Å². The van der Waals surface area contributed by atoms with Crippen molar-refractivity contribution >= 4 is 5.91 Å². The number of carbonyl (C=O) groups is 1. The second-order valence-electron chi connectivity index (χ2n) is 5.30. The van der Waals surface area contributed by atoms with Crippen LogP contribution in [0, 0.1) is 0 Å². The second-order valence-corrected chi connectivity index (χ2v) is 5.30. The van der Waals surface area contributed by atoms with E-state index in [-0.39, 0.29) is 5.91 Å². The molecule has 1 aromatic carbocycles. The van der Waals surface area contributed by atoms with Gasteiger partial charge in [-0.25, -0.2) is 0 Å². The van der Waals surface area contributed by atoms with E-state index in [0.717, 1.165) is 32.6 Å². The maximum atomic E-state index is 11.9. The summed E-state index contributed by atoms with van der Waals surface area (Å²) in [7, 11) is 4.08. The first-order chi connectivity index (χ1) is 9.61. The van der Waals surface area contributed by atoms with Crippen molar-refractivity contribution in [3.8, 4) is 0 Å². The highest BCUT2D eigenvalue weighted by Crippen LogP contribution is 2.03. The first-order valence-corrected chi connectivity index (χ1v) is 7.29. The van der Waals surface area contributed by atoms with Gasteiger partial charge in [0.2, 0.25) is 5.91 Å². The van der Waals surface area contributed by atoms with Crippen LogP contribution in [-0.2, 0) is 11.3 Å². The number of amides is 1. The summed E-state index contributed by atoms with van der Waals surface area (Å²) < 4.78 is 0. The quantitative estimate of drug-likeness (QED) is 0.696. The largest absolute Gasteiger partial charge is 0.355 e. The normalized spacial score (nSPS) is 11.1. The van der Waals surface area contributed by atoms with E-state index in [1.165, 1.54) is 5.56 Å². The molecular formula is C16H27N3O. The molecule has 0 saturated heterocycles. The topological polar surface area (TPSA) is 35.6 Å². The summed E-state index contributed by atoms with van der Waals surface area (Å²) in [5.41, 5.74) is 1.25. The molecule has 0 bridgehead atoms. The van der Waals surface area contributed by atoms with Crippen molar-refractivity contribution < 1.29 is 4.79 Å². The summed E-state index contributed by atoms with van der Waals surface area (Å²) in [6, 6.07) is 10.3. The summed E-state index contributed by atoms with van der Waals surface area (Å²) >= 11 is 0. The molecule has 4 nitrogen and oxygen atoms in total. The Morgan fingerprint density at radius 2 is 1.90 bits per heavy atom. The molecule has 0 radical (unpaired) electrons. The number of hydrogen-bond acceptors (Lipinski definition) is 3. The third-order valence-corrected chi connectivity index (χ3v) is 3.17. The Morgan fingerprint density at radius 1 is 1.20 bits per heavy atom. The maximum Gasteiger partial charge on any atom is 0.234 e. The lowest BCUT2D eigenvalue weighted by Gasteiger charge is -2.20. The third kappa shape index (κ3) is 7.26. The number of nitrogens with one attached hydrogen (secondary N) is 1. The number of nitrogens with zero attached hydrogens (tertiary/aromatic N) is 2. The predicted octanol–water partition coefficient (Wildman–Crippen LogP) is 1.58. The summed E-state index contributed by atoms with van der Waals surface area (Å²) in [6.45, 7) is 6.00. The molecule has 1 rings (SSSR count). The number of hydrogen-bond donors (Lipinski definition) is 1. The van der Waals surface area contributed by atoms with Crippen molar-refractivity contribution in [1.29, 1.82) is 0 Å². The van der Waals surface area contributed by atoms with E-state index < -0.39 is 0 Å². The minimum Gasteiger partial charge on any atom is -0.355 e. The summed E-state index contributed by atoms with van der Waals surface area (Å²) in [4.78, 5) is 16.2. The lowest BCUT2D eigenvalue weighted by molar-refractivity contribution is -0.122. The van der Waals surface area contributed by atoms with Gasteiger partial charge in [-0.05, 0) is 39.2 Å². The van der Waals surface area contributed by atoms with Crippen LogP contribution in [0.5, 0.6) is 0 Å². The maximum absolute atomic E-state index is 11.9. The smallest absolute Gasteiger partial charge is 0.234 e.